The Morgan fingerprint density at radius 3 is 2.71 bits per heavy atom. The summed E-state index contributed by atoms with van der Waals surface area (Å²) in [6.45, 7) is 8.34. The van der Waals surface area contributed by atoms with Crippen LogP contribution < -0.4 is 5.32 Å². The van der Waals surface area contributed by atoms with Crippen molar-refractivity contribution in [2.45, 2.75) is 19.8 Å². The average molecular weight is 591 g/mol. The molecule has 1 atom stereocenters. The van der Waals surface area contributed by atoms with Crippen molar-refractivity contribution in [3.63, 3.8) is 0 Å². The highest BCUT2D eigenvalue weighted by Crippen LogP contribution is 2.43. The van der Waals surface area contributed by atoms with Gasteiger partial charge in [0.25, 0.3) is 0 Å². The van der Waals surface area contributed by atoms with Crippen LogP contribution in [0.5, 0.6) is 0 Å². The fourth-order valence-corrected chi connectivity index (χ4v) is 6.64. The van der Waals surface area contributed by atoms with Crippen LogP contribution in [0.1, 0.15) is 19.8 Å². The van der Waals surface area contributed by atoms with E-state index in [0.717, 1.165) is 93.7 Å². The van der Waals surface area contributed by atoms with E-state index in [2.05, 4.69) is 46.2 Å². The lowest BCUT2D eigenvalue weighted by Gasteiger charge is -2.38. The maximum absolute atomic E-state index is 6.23. The number of allylic oxidation sites excluding steroid dienone is 2. The first kappa shape index (κ1) is 27.9. The van der Waals surface area contributed by atoms with E-state index >= 15 is 0 Å². The summed E-state index contributed by atoms with van der Waals surface area (Å²) in [6, 6.07) is 13.9. The number of fused-ring (bicyclic) bond motifs is 2. The highest BCUT2D eigenvalue weighted by Gasteiger charge is 2.42. The van der Waals surface area contributed by atoms with Gasteiger partial charge in [-0.3, -0.25) is 0 Å². The van der Waals surface area contributed by atoms with Crippen molar-refractivity contribution in [2.24, 2.45) is 15.4 Å². The second-order valence-electron chi connectivity index (χ2n) is 10.9. The average Bonchev–Trinajstić information content (AvgIpc) is 3.40. The minimum absolute atomic E-state index is 0.461. The first-order valence-electron chi connectivity index (χ1n) is 14.0. The highest BCUT2D eigenvalue weighted by molar-refractivity contribution is 7.21. The van der Waals surface area contributed by atoms with Gasteiger partial charge in [0.1, 0.15) is 16.6 Å². The van der Waals surface area contributed by atoms with Crippen molar-refractivity contribution in [1.82, 2.24) is 20.1 Å². The minimum atomic E-state index is -0.461. The summed E-state index contributed by atoms with van der Waals surface area (Å²) in [5, 5.41) is 5.01. The molecule has 8 nitrogen and oxygen atoms in total. The Labute approximate surface area is 250 Å². The Balaban J connectivity index is 1.14. The zero-order valence-electron chi connectivity index (χ0n) is 23.7. The van der Waals surface area contributed by atoms with Gasteiger partial charge in [-0.25, -0.2) is 15.0 Å². The van der Waals surface area contributed by atoms with E-state index in [1.165, 1.54) is 0 Å². The summed E-state index contributed by atoms with van der Waals surface area (Å²) in [5.41, 5.74) is 3.38. The fraction of sp³-hybridized carbons (Fsp3) is 0.387. The van der Waals surface area contributed by atoms with Crippen LogP contribution in [0.15, 0.2) is 75.7 Å². The lowest BCUT2D eigenvalue weighted by molar-refractivity contribution is 0.128. The fourth-order valence-electron chi connectivity index (χ4n) is 5.39. The second-order valence-corrected chi connectivity index (χ2v) is 12.4. The number of rotatable bonds is 8. The Morgan fingerprint density at radius 2 is 1.93 bits per heavy atom. The molecule has 1 fully saturated rings. The van der Waals surface area contributed by atoms with Gasteiger partial charge in [0, 0.05) is 61.5 Å². The van der Waals surface area contributed by atoms with E-state index < -0.39 is 5.41 Å². The van der Waals surface area contributed by atoms with Crippen LogP contribution in [0, 0.1) is 5.41 Å². The number of benzene rings is 2. The molecular weight excluding hydrogens is 556 g/mol. The summed E-state index contributed by atoms with van der Waals surface area (Å²) < 4.78 is 13.1. The van der Waals surface area contributed by atoms with E-state index in [4.69, 9.17) is 31.1 Å². The van der Waals surface area contributed by atoms with E-state index in [1.807, 2.05) is 36.4 Å². The van der Waals surface area contributed by atoms with Gasteiger partial charge < -0.3 is 24.6 Å². The molecule has 0 radical (unpaired) electrons. The van der Waals surface area contributed by atoms with Crippen molar-refractivity contribution in [1.29, 1.82) is 0 Å². The van der Waals surface area contributed by atoms with Gasteiger partial charge in [-0.2, -0.15) is 0 Å². The van der Waals surface area contributed by atoms with Crippen LogP contribution in [0.3, 0.4) is 0 Å². The number of halogens is 1. The molecule has 1 saturated heterocycles. The predicted octanol–water partition coefficient (Wildman–Crippen LogP) is 6.08. The van der Waals surface area contributed by atoms with E-state index in [1.54, 1.807) is 24.8 Å². The number of hydrogen-bond acceptors (Lipinski definition) is 8. The molecule has 1 aliphatic carbocycles. The van der Waals surface area contributed by atoms with E-state index in [0.29, 0.717) is 13.0 Å². The van der Waals surface area contributed by atoms with E-state index in [-0.39, 0.29) is 0 Å². The number of piperazine rings is 1. The van der Waals surface area contributed by atoms with Crippen molar-refractivity contribution in [2.75, 3.05) is 53.5 Å². The third-order valence-electron chi connectivity index (χ3n) is 7.98. The summed E-state index contributed by atoms with van der Waals surface area (Å²) in [5.74, 6) is 2.32. The topological polar surface area (TPSA) is 74.6 Å². The summed E-state index contributed by atoms with van der Waals surface area (Å²) in [7, 11) is 3.89. The molecule has 2 aliphatic heterocycles. The molecule has 3 aromatic rings. The van der Waals surface area contributed by atoms with E-state index in [9.17, 15) is 0 Å². The number of ether oxygens (including phenoxy) is 2. The van der Waals surface area contributed by atoms with Crippen LogP contribution in [0.2, 0.25) is 5.02 Å². The van der Waals surface area contributed by atoms with Gasteiger partial charge in [-0.05, 0) is 62.9 Å². The van der Waals surface area contributed by atoms with Crippen LogP contribution in [0.25, 0.3) is 20.8 Å². The summed E-state index contributed by atoms with van der Waals surface area (Å²) in [4.78, 5) is 19.3. The number of methoxy groups -OCH3 is 1. The van der Waals surface area contributed by atoms with Gasteiger partial charge in [0.05, 0.1) is 41.4 Å². The number of amidine groups is 1. The molecule has 6 rings (SSSR count). The number of aliphatic imine (C=N–C) groups is 2. The standard InChI is InChI=1S/C31H35ClN6O2S/c1-31-19-26(39-3)25(40-16-4-11-38-14-12-37(2)13-15-38)18-28(31)33-20-34-30(31)35-23-8-5-21(6-9-23)29-36-24-10-7-22(32)17-27(24)41-29/h5-10,17-18,20H,4,11-16,19H2,1-3H3,(H,33,34,35). The first-order chi connectivity index (χ1) is 19.9. The maximum atomic E-state index is 6.23. The molecule has 1 unspecified atom stereocenters. The molecular formula is C31H35ClN6O2S. The summed E-state index contributed by atoms with van der Waals surface area (Å²) in [6.07, 6.45) is 5.34. The van der Waals surface area contributed by atoms with Crippen LogP contribution in [-0.4, -0.2) is 80.4 Å². The van der Waals surface area contributed by atoms with Crippen LogP contribution in [0.4, 0.5) is 5.69 Å². The van der Waals surface area contributed by atoms with Crippen molar-refractivity contribution in [3.8, 4) is 10.6 Å². The second kappa shape index (κ2) is 11.9. The smallest absolute Gasteiger partial charge is 0.158 e. The number of hydrogen-bond donors (Lipinski definition) is 1. The lowest BCUT2D eigenvalue weighted by Crippen LogP contribution is -2.44. The summed E-state index contributed by atoms with van der Waals surface area (Å²) >= 11 is 7.79. The molecule has 0 amide bonds. The third kappa shape index (κ3) is 6.04. The van der Waals surface area contributed by atoms with Crippen molar-refractivity contribution >= 4 is 51.0 Å². The molecule has 0 saturated carbocycles. The van der Waals surface area contributed by atoms with Gasteiger partial charge in [-0.15, -0.1) is 11.3 Å². The molecule has 10 heteroatoms. The van der Waals surface area contributed by atoms with Crippen LogP contribution in [-0.2, 0) is 9.47 Å². The van der Waals surface area contributed by atoms with Gasteiger partial charge in [0.15, 0.2) is 5.76 Å². The SMILES string of the molecule is COC1=C(OCCCN2CCN(C)CC2)C=C2NC=NC(=Nc3ccc(-c4nc5ccc(Cl)cc5s4)cc3)C2(C)C1. The van der Waals surface area contributed by atoms with Gasteiger partial charge in [0.2, 0.25) is 0 Å². The number of nitrogens with zero attached hydrogens (tertiary/aromatic N) is 5. The molecule has 214 valence electrons. The zero-order chi connectivity index (χ0) is 28.4. The number of nitrogens with one attached hydrogen (secondary N) is 1. The third-order valence-corrected chi connectivity index (χ3v) is 9.28. The molecule has 0 spiro atoms. The molecule has 2 aromatic carbocycles. The molecule has 41 heavy (non-hydrogen) atoms. The van der Waals surface area contributed by atoms with Crippen molar-refractivity contribution in [3.05, 3.63) is 70.8 Å². The van der Waals surface area contributed by atoms with Crippen molar-refractivity contribution < 1.29 is 9.47 Å². The number of thiazole rings is 1. The van der Waals surface area contributed by atoms with Gasteiger partial charge in [-0.1, -0.05) is 11.6 Å². The normalized spacial score (nSPS) is 22.5. The maximum Gasteiger partial charge on any atom is 0.158 e. The lowest BCUT2D eigenvalue weighted by atomic mass is 9.77. The first-order valence-corrected chi connectivity index (χ1v) is 15.2. The largest absolute Gasteiger partial charge is 0.497 e. The minimum Gasteiger partial charge on any atom is -0.497 e. The Kier molecular flexibility index (Phi) is 8.12. The molecule has 1 aromatic heterocycles. The molecule has 3 aliphatic rings. The quantitative estimate of drug-likeness (QED) is 0.320. The number of likely N-dealkylation sites (N-methyl/N-ethyl adjacent to an activating group) is 1. The Bertz CT molecular complexity index is 1540. The molecule has 0 bridgehead atoms. The predicted molar refractivity (Wildman–Crippen MR) is 168 cm³/mol. The monoisotopic (exact) mass is 590 g/mol. The number of aromatic nitrogens is 1. The molecule has 3 heterocycles. The van der Waals surface area contributed by atoms with Gasteiger partial charge >= 0.3 is 0 Å². The zero-order valence-corrected chi connectivity index (χ0v) is 25.3. The molecule has 1 N–H and O–H groups in total. The Morgan fingerprint density at radius 1 is 1.12 bits per heavy atom. The van der Waals surface area contributed by atoms with Crippen LogP contribution >= 0.6 is 22.9 Å². The highest BCUT2D eigenvalue weighted by atomic mass is 35.5. The Hall–Kier alpha value is -3.24.